The van der Waals surface area contributed by atoms with Gasteiger partial charge in [-0.3, -0.25) is 4.68 Å². The van der Waals surface area contributed by atoms with Crippen molar-refractivity contribution < 1.29 is 9.13 Å². The lowest BCUT2D eigenvalue weighted by molar-refractivity contribution is 0.413. The van der Waals surface area contributed by atoms with E-state index >= 15 is 0 Å². The second kappa shape index (κ2) is 5.08. The number of aromatic nitrogens is 2. The molecular weight excluding hydrogens is 233 g/mol. The predicted octanol–water partition coefficient (Wildman–Crippen LogP) is 2.49. The Morgan fingerprint density at radius 1 is 1.44 bits per heavy atom. The minimum Gasteiger partial charge on any atom is -0.494 e. The maximum absolute atomic E-state index is 13.0. The van der Waals surface area contributed by atoms with Gasteiger partial charge < -0.3 is 10.1 Å². The molecule has 1 N–H and O–H groups in total. The first kappa shape index (κ1) is 12.4. The van der Waals surface area contributed by atoms with Gasteiger partial charge in [-0.05, 0) is 19.1 Å². The zero-order valence-electron chi connectivity index (χ0n) is 10.7. The van der Waals surface area contributed by atoms with Crippen molar-refractivity contribution in [3.05, 3.63) is 41.5 Å². The van der Waals surface area contributed by atoms with Crippen molar-refractivity contribution in [1.82, 2.24) is 9.78 Å². The van der Waals surface area contributed by atoms with Gasteiger partial charge in [-0.25, -0.2) is 4.39 Å². The molecule has 0 saturated heterocycles. The van der Waals surface area contributed by atoms with Crippen LogP contribution in [-0.2, 0) is 13.6 Å². The van der Waals surface area contributed by atoms with Crippen molar-refractivity contribution in [3.8, 4) is 5.75 Å². The molecule has 0 fully saturated rings. The van der Waals surface area contributed by atoms with Gasteiger partial charge in [-0.15, -0.1) is 0 Å². The van der Waals surface area contributed by atoms with E-state index in [1.54, 1.807) is 10.7 Å². The van der Waals surface area contributed by atoms with Crippen LogP contribution in [0.25, 0.3) is 0 Å². The number of ether oxygens (including phenoxy) is 1. The van der Waals surface area contributed by atoms with Crippen molar-refractivity contribution >= 4 is 5.69 Å². The van der Waals surface area contributed by atoms with Crippen molar-refractivity contribution in [1.29, 1.82) is 0 Å². The van der Waals surface area contributed by atoms with Gasteiger partial charge in [0.05, 0.1) is 18.5 Å². The molecule has 0 spiro atoms. The SMILES string of the molecule is COc1cc(F)ccc1NCc1cn(C)nc1C. The second-order valence-corrected chi connectivity index (χ2v) is 4.11. The molecule has 1 aromatic heterocycles. The highest BCUT2D eigenvalue weighted by molar-refractivity contribution is 5.56. The Hall–Kier alpha value is -2.04. The Labute approximate surface area is 105 Å². The van der Waals surface area contributed by atoms with E-state index in [2.05, 4.69) is 10.4 Å². The average Bonchev–Trinajstić information content (AvgIpc) is 2.66. The summed E-state index contributed by atoms with van der Waals surface area (Å²) in [6.07, 6.45) is 1.96. The highest BCUT2D eigenvalue weighted by Crippen LogP contribution is 2.25. The summed E-state index contributed by atoms with van der Waals surface area (Å²) in [5, 5.41) is 7.48. The van der Waals surface area contributed by atoms with E-state index in [1.807, 2.05) is 20.2 Å². The molecule has 2 rings (SSSR count). The van der Waals surface area contributed by atoms with Crippen LogP contribution in [0.1, 0.15) is 11.3 Å². The van der Waals surface area contributed by atoms with Gasteiger partial charge in [-0.1, -0.05) is 0 Å². The van der Waals surface area contributed by atoms with Crippen LogP contribution >= 0.6 is 0 Å². The van der Waals surface area contributed by atoms with Crippen LogP contribution in [-0.4, -0.2) is 16.9 Å². The number of rotatable bonds is 4. The Morgan fingerprint density at radius 2 is 2.22 bits per heavy atom. The minimum atomic E-state index is -0.310. The normalized spacial score (nSPS) is 10.4. The van der Waals surface area contributed by atoms with E-state index in [4.69, 9.17) is 4.74 Å². The zero-order chi connectivity index (χ0) is 13.1. The molecule has 5 heteroatoms. The van der Waals surface area contributed by atoms with Crippen molar-refractivity contribution in [2.24, 2.45) is 7.05 Å². The predicted molar refractivity (Wildman–Crippen MR) is 68.2 cm³/mol. The number of benzene rings is 1. The molecule has 0 amide bonds. The number of anilines is 1. The number of aryl methyl sites for hydroxylation is 2. The second-order valence-electron chi connectivity index (χ2n) is 4.11. The summed E-state index contributed by atoms with van der Waals surface area (Å²) in [6.45, 7) is 2.58. The molecule has 0 aliphatic carbocycles. The molecule has 18 heavy (non-hydrogen) atoms. The molecule has 0 aliphatic rings. The summed E-state index contributed by atoms with van der Waals surface area (Å²) in [5.41, 5.74) is 2.84. The number of nitrogens with zero attached hydrogens (tertiary/aromatic N) is 2. The van der Waals surface area contributed by atoms with Crippen LogP contribution in [0.2, 0.25) is 0 Å². The molecule has 2 aromatic rings. The maximum atomic E-state index is 13.0. The van der Waals surface area contributed by atoms with Crippen LogP contribution in [0.5, 0.6) is 5.75 Å². The van der Waals surface area contributed by atoms with E-state index in [0.29, 0.717) is 12.3 Å². The Bertz CT molecular complexity index is 551. The molecule has 96 valence electrons. The van der Waals surface area contributed by atoms with Crippen LogP contribution in [0.15, 0.2) is 24.4 Å². The number of halogens is 1. The van der Waals surface area contributed by atoms with E-state index < -0.39 is 0 Å². The molecule has 1 aromatic carbocycles. The monoisotopic (exact) mass is 249 g/mol. The van der Waals surface area contributed by atoms with E-state index in [-0.39, 0.29) is 5.82 Å². The molecule has 0 atom stereocenters. The summed E-state index contributed by atoms with van der Waals surface area (Å²) < 4.78 is 19.9. The highest BCUT2D eigenvalue weighted by atomic mass is 19.1. The quantitative estimate of drug-likeness (QED) is 0.904. The number of methoxy groups -OCH3 is 1. The molecular formula is C13H16FN3O. The fourth-order valence-corrected chi connectivity index (χ4v) is 1.82. The van der Waals surface area contributed by atoms with Gasteiger partial charge in [0, 0.05) is 31.4 Å². The van der Waals surface area contributed by atoms with Crippen LogP contribution < -0.4 is 10.1 Å². The lowest BCUT2D eigenvalue weighted by Gasteiger charge is -2.10. The van der Waals surface area contributed by atoms with Gasteiger partial charge in [-0.2, -0.15) is 5.10 Å². The van der Waals surface area contributed by atoms with E-state index in [0.717, 1.165) is 16.9 Å². The van der Waals surface area contributed by atoms with Gasteiger partial charge in [0.2, 0.25) is 0 Å². The number of hydrogen-bond acceptors (Lipinski definition) is 3. The van der Waals surface area contributed by atoms with Crippen LogP contribution in [0.3, 0.4) is 0 Å². The first-order chi connectivity index (χ1) is 8.60. The van der Waals surface area contributed by atoms with Gasteiger partial charge in [0.1, 0.15) is 11.6 Å². The van der Waals surface area contributed by atoms with Crippen molar-refractivity contribution in [2.45, 2.75) is 13.5 Å². The summed E-state index contributed by atoms with van der Waals surface area (Å²) in [6, 6.07) is 4.43. The molecule has 0 bridgehead atoms. The molecule has 0 radical (unpaired) electrons. The highest BCUT2D eigenvalue weighted by Gasteiger charge is 2.06. The van der Waals surface area contributed by atoms with Gasteiger partial charge >= 0.3 is 0 Å². The fourth-order valence-electron chi connectivity index (χ4n) is 1.82. The summed E-state index contributed by atoms with van der Waals surface area (Å²) >= 11 is 0. The lowest BCUT2D eigenvalue weighted by atomic mass is 10.2. The smallest absolute Gasteiger partial charge is 0.144 e. The molecule has 0 unspecified atom stereocenters. The molecule has 4 nitrogen and oxygen atoms in total. The maximum Gasteiger partial charge on any atom is 0.144 e. The van der Waals surface area contributed by atoms with Crippen molar-refractivity contribution in [3.63, 3.8) is 0 Å². The lowest BCUT2D eigenvalue weighted by Crippen LogP contribution is -2.02. The third-order valence-electron chi connectivity index (χ3n) is 2.75. The Kier molecular flexibility index (Phi) is 3.50. The minimum absolute atomic E-state index is 0.310. The van der Waals surface area contributed by atoms with E-state index in [9.17, 15) is 4.39 Å². The summed E-state index contributed by atoms with van der Waals surface area (Å²) in [4.78, 5) is 0. The fraction of sp³-hybridized carbons (Fsp3) is 0.308. The molecule has 0 saturated carbocycles. The third kappa shape index (κ3) is 2.61. The topological polar surface area (TPSA) is 39.1 Å². The molecule has 1 heterocycles. The first-order valence-corrected chi connectivity index (χ1v) is 5.66. The largest absolute Gasteiger partial charge is 0.494 e. The standard InChI is InChI=1S/C13H16FN3O/c1-9-10(8-17(2)16-9)7-15-12-5-4-11(14)6-13(12)18-3/h4-6,8,15H,7H2,1-3H3. The number of hydrogen-bond donors (Lipinski definition) is 1. The van der Waals surface area contributed by atoms with Crippen LogP contribution in [0.4, 0.5) is 10.1 Å². The van der Waals surface area contributed by atoms with E-state index in [1.165, 1.54) is 19.2 Å². The first-order valence-electron chi connectivity index (χ1n) is 5.66. The number of nitrogens with one attached hydrogen (secondary N) is 1. The summed E-state index contributed by atoms with van der Waals surface area (Å²) in [5.74, 6) is 0.187. The Morgan fingerprint density at radius 3 is 2.83 bits per heavy atom. The zero-order valence-corrected chi connectivity index (χ0v) is 10.7. The Balaban J connectivity index is 2.13. The van der Waals surface area contributed by atoms with Gasteiger partial charge in [0.15, 0.2) is 0 Å². The van der Waals surface area contributed by atoms with Gasteiger partial charge in [0.25, 0.3) is 0 Å². The molecule has 0 aliphatic heterocycles. The van der Waals surface area contributed by atoms with Crippen molar-refractivity contribution in [2.75, 3.05) is 12.4 Å². The average molecular weight is 249 g/mol. The third-order valence-corrected chi connectivity index (χ3v) is 2.75. The van der Waals surface area contributed by atoms with Crippen LogP contribution in [0, 0.1) is 12.7 Å². The summed E-state index contributed by atoms with van der Waals surface area (Å²) in [7, 11) is 3.41.